The second-order valence-electron chi connectivity index (χ2n) is 6.52. The van der Waals surface area contributed by atoms with Crippen LogP contribution in [0.3, 0.4) is 0 Å². The fourth-order valence-electron chi connectivity index (χ4n) is 3.18. The first kappa shape index (κ1) is 17.8. The van der Waals surface area contributed by atoms with Gasteiger partial charge in [-0.1, -0.05) is 6.58 Å². The molecule has 0 spiro atoms. The summed E-state index contributed by atoms with van der Waals surface area (Å²) in [6.45, 7) is 5.80. The summed E-state index contributed by atoms with van der Waals surface area (Å²) in [5, 5.41) is 3.19. The summed E-state index contributed by atoms with van der Waals surface area (Å²) < 4.78 is 13.6. The molecule has 0 radical (unpaired) electrons. The quantitative estimate of drug-likeness (QED) is 0.748. The Balaban J connectivity index is 1.72. The van der Waals surface area contributed by atoms with Crippen molar-refractivity contribution in [2.24, 2.45) is 0 Å². The molecular weight excluding hydrogens is 357 g/mol. The van der Waals surface area contributed by atoms with E-state index in [1.807, 2.05) is 24.1 Å². The number of pyridine rings is 2. The molecule has 0 atom stereocenters. The zero-order valence-electron chi connectivity index (χ0n) is 15.5. The van der Waals surface area contributed by atoms with Gasteiger partial charge in [-0.05, 0) is 24.6 Å². The van der Waals surface area contributed by atoms with Crippen LogP contribution < -0.4 is 15.1 Å². The van der Waals surface area contributed by atoms with Gasteiger partial charge >= 0.3 is 0 Å². The van der Waals surface area contributed by atoms with E-state index in [1.165, 1.54) is 12.3 Å². The van der Waals surface area contributed by atoms with Crippen LogP contribution in [-0.4, -0.2) is 40.1 Å². The summed E-state index contributed by atoms with van der Waals surface area (Å²) in [7, 11) is 2.03. The van der Waals surface area contributed by atoms with Crippen molar-refractivity contribution in [3.8, 4) is 11.3 Å². The Kier molecular flexibility index (Phi) is 4.84. The number of nitrogens with one attached hydrogen (secondary N) is 1. The molecule has 0 fully saturated rings. The largest absolute Gasteiger partial charge is 0.372 e. The van der Waals surface area contributed by atoms with Crippen molar-refractivity contribution in [3.63, 3.8) is 0 Å². The molecule has 8 heteroatoms. The minimum atomic E-state index is -0.392. The highest BCUT2D eigenvalue weighted by Crippen LogP contribution is 2.34. The molecule has 1 aliphatic heterocycles. The second kappa shape index (κ2) is 7.59. The molecule has 3 aromatic heterocycles. The zero-order valence-corrected chi connectivity index (χ0v) is 15.5. The molecule has 0 aliphatic carbocycles. The molecule has 4 heterocycles. The SMILES string of the molecule is C=C(Nc1cnccn1)N1CCCN(C)c2ccc(-c3cncc(F)c3)nc21. The van der Waals surface area contributed by atoms with E-state index in [1.54, 1.807) is 24.8 Å². The number of nitrogens with zero attached hydrogens (tertiary/aromatic N) is 6. The summed E-state index contributed by atoms with van der Waals surface area (Å²) >= 11 is 0. The van der Waals surface area contributed by atoms with E-state index in [2.05, 4.69) is 31.7 Å². The van der Waals surface area contributed by atoms with Crippen LogP contribution in [0.4, 0.5) is 21.7 Å². The van der Waals surface area contributed by atoms with Crippen molar-refractivity contribution < 1.29 is 4.39 Å². The van der Waals surface area contributed by atoms with Gasteiger partial charge in [0.25, 0.3) is 0 Å². The lowest BCUT2D eigenvalue weighted by Crippen LogP contribution is -2.28. The molecule has 1 N–H and O–H groups in total. The van der Waals surface area contributed by atoms with Crippen LogP contribution in [-0.2, 0) is 0 Å². The predicted molar refractivity (Wildman–Crippen MR) is 107 cm³/mol. The summed E-state index contributed by atoms with van der Waals surface area (Å²) in [5.41, 5.74) is 2.26. The van der Waals surface area contributed by atoms with Gasteiger partial charge in [0.1, 0.15) is 17.5 Å². The van der Waals surface area contributed by atoms with Crippen LogP contribution in [0.25, 0.3) is 11.3 Å². The Bertz CT molecular complexity index is 993. The van der Waals surface area contributed by atoms with Crippen molar-refractivity contribution >= 4 is 17.3 Å². The van der Waals surface area contributed by atoms with E-state index in [0.29, 0.717) is 22.9 Å². The van der Waals surface area contributed by atoms with Crippen LogP contribution in [0.1, 0.15) is 6.42 Å². The average molecular weight is 377 g/mol. The third-order valence-corrected chi connectivity index (χ3v) is 4.56. The van der Waals surface area contributed by atoms with E-state index in [4.69, 9.17) is 4.98 Å². The fourth-order valence-corrected chi connectivity index (χ4v) is 3.18. The minimum Gasteiger partial charge on any atom is -0.372 e. The van der Waals surface area contributed by atoms with Crippen LogP contribution in [0.5, 0.6) is 0 Å². The summed E-state index contributed by atoms with van der Waals surface area (Å²) in [5.74, 6) is 1.62. The van der Waals surface area contributed by atoms with Gasteiger partial charge in [0.2, 0.25) is 0 Å². The van der Waals surface area contributed by atoms with Crippen LogP contribution in [0.15, 0.2) is 61.6 Å². The van der Waals surface area contributed by atoms with Crippen molar-refractivity contribution in [1.82, 2.24) is 19.9 Å². The van der Waals surface area contributed by atoms with E-state index < -0.39 is 5.82 Å². The maximum atomic E-state index is 13.6. The van der Waals surface area contributed by atoms with Gasteiger partial charge in [-0.3, -0.25) is 9.97 Å². The number of fused-ring (bicyclic) bond motifs is 1. The highest BCUT2D eigenvalue weighted by atomic mass is 19.1. The molecule has 7 nitrogen and oxygen atoms in total. The van der Waals surface area contributed by atoms with E-state index in [0.717, 1.165) is 31.0 Å². The van der Waals surface area contributed by atoms with Gasteiger partial charge in [0, 0.05) is 44.3 Å². The Morgan fingerprint density at radius 3 is 2.82 bits per heavy atom. The monoisotopic (exact) mass is 377 g/mol. The average Bonchev–Trinajstić information content (AvgIpc) is 2.87. The molecule has 28 heavy (non-hydrogen) atoms. The maximum absolute atomic E-state index is 13.6. The van der Waals surface area contributed by atoms with E-state index in [-0.39, 0.29) is 0 Å². The summed E-state index contributed by atoms with van der Waals surface area (Å²) in [4.78, 5) is 21.2. The van der Waals surface area contributed by atoms with Crippen molar-refractivity contribution in [2.75, 3.05) is 35.3 Å². The Morgan fingerprint density at radius 1 is 1.14 bits per heavy atom. The van der Waals surface area contributed by atoms with E-state index >= 15 is 0 Å². The van der Waals surface area contributed by atoms with Gasteiger partial charge in [-0.25, -0.2) is 14.4 Å². The van der Waals surface area contributed by atoms with Gasteiger partial charge < -0.3 is 15.1 Å². The standard InChI is InChI=1S/C20H20FN7/c1-14(25-19-13-22-6-7-24-19)28-9-3-8-27(2)18-5-4-17(26-20(18)28)15-10-16(21)12-23-11-15/h4-7,10-13H,1,3,8-9H2,2H3,(H,24,25). The summed E-state index contributed by atoms with van der Waals surface area (Å²) in [6, 6.07) is 5.31. The lowest BCUT2D eigenvalue weighted by molar-refractivity contribution is 0.622. The van der Waals surface area contributed by atoms with Crippen molar-refractivity contribution in [1.29, 1.82) is 0 Å². The van der Waals surface area contributed by atoms with Crippen LogP contribution in [0, 0.1) is 5.82 Å². The molecule has 3 aromatic rings. The molecule has 0 amide bonds. The lowest BCUT2D eigenvalue weighted by atomic mass is 10.1. The third kappa shape index (κ3) is 3.62. The lowest BCUT2D eigenvalue weighted by Gasteiger charge is -2.27. The highest BCUT2D eigenvalue weighted by Gasteiger charge is 2.23. The second-order valence-corrected chi connectivity index (χ2v) is 6.52. The summed E-state index contributed by atoms with van der Waals surface area (Å²) in [6.07, 6.45) is 8.59. The molecule has 0 saturated carbocycles. The number of aromatic nitrogens is 4. The normalized spacial score (nSPS) is 13.6. The molecule has 1 aliphatic rings. The molecule has 0 saturated heterocycles. The molecule has 4 rings (SSSR count). The van der Waals surface area contributed by atoms with Gasteiger partial charge in [0.05, 0.1) is 23.8 Å². The number of rotatable bonds is 4. The number of anilines is 3. The van der Waals surface area contributed by atoms with Crippen molar-refractivity contribution in [2.45, 2.75) is 6.42 Å². The fraction of sp³-hybridized carbons (Fsp3) is 0.200. The molecule has 0 bridgehead atoms. The predicted octanol–water partition coefficient (Wildman–Crippen LogP) is 3.30. The zero-order chi connectivity index (χ0) is 19.5. The number of hydrogen-bond donors (Lipinski definition) is 1. The topological polar surface area (TPSA) is 70.1 Å². The van der Waals surface area contributed by atoms with Gasteiger partial charge in [-0.15, -0.1) is 0 Å². The smallest absolute Gasteiger partial charge is 0.158 e. The molecule has 0 unspecified atom stereocenters. The minimum absolute atomic E-state index is 0.392. The Labute approximate surface area is 162 Å². The molecular formula is C20H20FN7. The Hall–Kier alpha value is -3.55. The first-order chi connectivity index (χ1) is 13.6. The molecule has 0 aromatic carbocycles. The van der Waals surface area contributed by atoms with Gasteiger partial charge in [0.15, 0.2) is 5.82 Å². The first-order valence-electron chi connectivity index (χ1n) is 8.94. The highest BCUT2D eigenvalue weighted by molar-refractivity contribution is 5.75. The van der Waals surface area contributed by atoms with Crippen LogP contribution in [0.2, 0.25) is 0 Å². The number of hydrogen-bond acceptors (Lipinski definition) is 7. The maximum Gasteiger partial charge on any atom is 0.158 e. The first-order valence-corrected chi connectivity index (χ1v) is 8.94. The Morgan fingerprint density at radius 2 is 2.04 bits per heavy atom. The third-order valence-electron chi connectivity index (χ3n) is 4.56. The van der Waals surface area contributed by atoms with Gasteiger partial charge in [-0.2, -0.15) is 0 Å². The van der Waals surface area contributed by atoms with E-state index in [9.17, 15) is 4.39 Å². The van der Waals surface area contributed by atoms with Crippen LogP contribution >= 0.6 is 0 Å². The molecule has 142 valence electrons. The number of halogens is 1. The van der Waals surface area contributed by atoms with Crippen molar-refractivity contribution in [3.05, 3.63) is 67.4 Å².